The molecule has 2 aromatic carbocycles. The number of methoxy groups -OCH3 is 1. The van der Waals surface area contributed by atoms with Gasteiger partial charge in [-0.1, -0.05) is 28.1 Å². The van der Waals surface area contributed by atoms with Gasteiger partial charge in [0.1, 0.15) is 11.6 Å². The Bertz CT molecular complexity index is 619. The van der Waals surface area contributed by atoms with Crippen LogP contribution in [0.15, 0.2) is 40.9 Å². The lowest BCUT2D eigenvalue weighted by Crippen LogP contribution is -2.29. The predicted octanol–water partition coefficient (Wildman–Crippen LogP) is 3.46. The molecule has 3 N–H and O–H groups in total. The van der Waals surface area contributed by atoms with Crippen LogP contribution in [0.2, 0.25) is 0 Å². The maximum atomic E-state index is 13.4. The Kier molecular flexibility index (Phi) is 4.75. The van der Waals surface area contributed by atoms with Gasteiger partial charge in [-0.2, -0.15) is 0 Å². The van der Waals surface area contributed by atoms with Crippen LogP contribution >= 0.6 is 15.9 Å². The first kappa shape index (κ1) is 15.0. The highest BCUT2D eigenvalue weighted by Crippen LogP contribution is 2.31. The van der Waals surface area contributed by atoms with E-state index in [1.165, 1.54) is 6.07 Å². The van der Waals surface area contributed by atoms with Gasteiger partial charge in [0.05, 0.1) is 13.2 Å². The summed E-state index contributed by atoms with van der Waals surface area (Å²) < 4.78 is 19.5. The molecule has 0 radical (unpaired) electrons. The zero-order valence-electron chi connectivity index (χ0n) is 11.3. The van der Waals surface area contributed by atoms with Crippen LogP contribution in [0.4, 0.5) is 4.39 Å². The Morgan fingerprint density at radius 2 is 2.00 bits per heavy atom. The van der Waals surface area contributed by atoms with E-state index in [0.717, 1.165) is 21.3 Å². The van der Waals surface area contributed by atoms with Crippen LogP contribution in [0.25, 0.3) is 0 Å². The molecule has 3 nitrogen and oxygen atoms in total. The van der Waals surface area contributed by atoms with E-state index in [-0.39, 0.29) is 11.9 Å². The van der Waals surface area contributed by atoms with Gasteiger partial charge in [0, 0.05) is 4.47 Å². The number of benzene rings is 2. The van der Waals surface area contributed by atoms with Crippen molar-refractivity contribution in [1.82, 2.24) is 5.43 Å². The maximum Gasteiger partial charge on any atom is 0.126 e. The summed E-state index contributed by atoms with van der Waals surface area (Å²) in [5, 5.41) is 0. The molecule has 0 aliphatic carbocycles. The molecule has 2 rings (SSSR count). The standard InChI is InChI=1S/C15H16BrFN2O/c1-9-7-10(3-6-14(9)17)15(19-18)12-8-11(20-2)4-5-13(12)16/h3-8,15,19H,18H2,1-2H3. The van der Waals surface area contributed by atoms with Gasteiger partial charge in [0.2, 0.25) is 0 Å². The highest BCUT2D eigenvalue weighted by Gasteiger charge is 2.17. The first-order valence-corrected chi connectivity index (χ1v) is 6.91. The van der Waals surface area contributed by atoms with Gasteiger partial charge in [-0.05, 0) is 47.9 Å². The van der Waals surface area contributed by atoms with Gasteiger partial charge >= 0.3 is 0 Å². The summed E-state index contributed by atoms with van der Waals surface area (Å²) in [6, 6.07) is 10.4. The summed E-state index contributed by atoms with van der Waals surface area (Å²) in [5.74, 6) is 6.19. The molecule has 0 aliphatic rings. The van der Waals surface area contributed by atoms with Crippen molar-refractivity contribution in [3.05, 3.63) is 63.4 Å². The van der Waals surface area contributed by atoms with E-state index in [2.05, 4.69) is 21.4 Å². The molecule has 0 aliphatic heterocycles. The number of rotatable bonds is 4. The van der Waals surface area contributed by atoms with Crippen LogP contribution in [0, 0.1) is 12.7 Å². The Hall–Kier alpha value is -1.43. The zero-order valence-corrected chi connectivity index (χ0v) is 12.9. The summed E-state index contributed by atoms with van der Waals surface area (Å²) in [4.78, 5) is 0. The van der Waals surface area contributed by atoms with E-state index < -0.39 is 0 Å². The molecule has 0 bridgehead atoms. The number of aryl methyl sites for hydroxylation is 1. The molecule has 106 valence electrons. The molecule has 0 amide bonds. The molecule has 1 unspecified atom stereocenters. The van der Waals surface area contributed by atoms with Crippen molar-refractivity contribution >= 4 is 15.9 Å². The van der Waals surface area contributed by atoms with Crippen molar-refractivity contribution in [1.29, 1.82) is 0 Å². The van der Waals surface area contributed by atoms with Crippen LogP contribution in [-0.4, -0.2) is 7.11 Å². The molecule has 5 heteroatoms. The Morgan fingerprint density at radius 1 is 1.25 bits per heavy atom. The van der Waals surface area contributed by atoms with Gasteiger partial charge in [0.15, 0.2) is 0 Å². The van der Waals surface area contributed by atoms with E-state index in [0.29, 0.717) is 5.56 Å². The number of nitrogens with two attached hydrogens (primary N) is 1. The van der Waals surface area contributed by atoms with E-state index in [9.17, 15) is 4.39 Å². The van der Waals surface area contributed by atoms with Crippen LogP contribution in [0.5, 0.6) is 5.75 Å². The predicted molar refractivity (Wildman–Crippen MR) is 81.0 cm³/mol. The molecule has 0 saturated heterocycles. The molecule has 0 heterocycles. The lowest BCUT2D eigenvalue weighted by molar-refractivity contribution is 0.413. The normalized spacial score (nSPS) is 12.2. The van der Waals surface area contributed by atoms with Gasteiger partial charge in [0.25, 0.3) is 0 Å². The van der Waals surface area contributed by atoms with Gasteiger partial charge in [-0.15, -0.1) is 0 Å². The number of halogens is 2. The number of hydrogen-bond donors (Lipinski definition) is 2. The third-order valence-corrected chi connectivity index (χ3v) is 3.92. The van der Waals surface area contributed by atoms with Crippen molar-refractivity contribution in [2.45, 2.75) is 13.0 Å². The molecule has 0 fully saturated rings. The second-order valence-electron chi connectivity index (χ2n) is 4.50. The van der Waals surface area contributed by atoms with E-state index in [1.54, 1.807) is 26.2 Å². The van der Waals surface area contributed by atoms with Crippen molar-refractivity contribution < 1.29 is 9.13 Å². The molecular weight excluding hydrogens is 323 g/mol. The van der Waals surface area contributed by atoms with Crippen LogP contribution < -0.4 is 16.0 Å². The topological polar surface area (TPSA) is 47.3 Å². The highest BCUT2D eigenvalue weighted by molar-refractivity contribution is 9.10. The summed E-state index contributed by atoms with van der Waals surface area (Å²) in [7, 11) is 1.61. The molecule has 0 spiro atoms. The monoisotopic (exact) mass is 338 g/mol. The molecule has 0 saturated carbocycles. The third-order valence-electron chi connectivity index (χ3n) is 3.20. The van der Waals surface area contributed by atoms with Crippen molar-refractivity contribution in [3.63, 3.8) is 0 Å². The Labute approximate surface area is 126 Å². The van der Waals surface area contributed by atoms with Crippen molar-refractivity contribution in [2.75, 3.05) is 7.11 Å². The van der Waals surface area contributed by atoms with E-state index in [4.69, 9.17) is 10.6 Å². The highest BCUT2D eigenvalue weighted by atomic mass is 79.9. The maximum absolute atomic E-state index is 13.4. The zero-order chi connectivity index (χ0) is 14.7. The molecule has 0 aromatic heterocycles. The SMILES string of the molecule is COc1ccc(Br)c(C(NN)c2ccc(F)c(C)c2)c1. The fourth-order valence-corrected chi connectivity index (χ4v) is 2.56. The van der Waals surface area contributed by atoms with Gasteiger partial charge < -0.3 is 4.74 Å². The number of ether oxygens (including phenoxy) is 1. The minimum atomic E-state index is -0.251. The van der Waals surface area contributed by atoms with Gasteiger partial charge in [-0.3, -0.25) is 5.84 Å². The van der Waals surface area contributed by atoms with Gasteiger partial charge in [-0.25, -0.2) is 9.82 Å². The van der Waals surface area contributed by atoms with E-state index >= 15 is 0 Å². The first-order valence-electron chi connectivity index (χ1n) is 6.12. The summed E-state index contributed by atoms with van der Waals surface area (Å²) in [5.41, 5.74) is 5.17. The summed E-state index contributed by atoms with van der Waals surface area (Å²) >= 11 is 3.51. The Balaban J connectivity index is 2.48. The quantitative estimate of drug-likeness (QED) is 0.663. The second-order valence-corrected chi connectivity index (χ2v) is 5.35. The second kappa shape index (κ2) is 6.35. The summed E-state index contributed by atoms with van der Waals surface area (Å²) in [6.45, 7) is 1.73. The molecule has 2 aromatic rings. The molecular formula is C15H16BrFN2O. The van der Waals surface area contributed by atoms with E-state index in [1.807, 2.05) is 18.2 Å². The lowest BCUT2D eigenvalue weighted by atomic mass is 9.97. The third kappa shape index (κ3) is 3.00. The fourth-order valence-electron chi connectivity index (χ4n) is 2.08. The average molecular weight is 339 g/mol. The minimum Gasteiger partial charge on any atom is -0.497 e. The van der Waals surface area contributed by atoms with Crippen molar-refractivity contribution in [2.24, 2.45) is 5.84 Å². The largest absolute Gasteiger partial charge is 0.497 e. The number of hydrazine groups is 1. The minimum absolute atomic E-state index is 0.228. The van der Waals surface area contributed by atoms with Crippen LogP contribution in [0.3, 0.4) is 0 Å². The van der Waals surface area contributed by atoms with Crippen LogP contribution in [0.1, 0.15) is 22.7 Å². The summed E-state index contributed by atoms with van der Waals surface area (Å²) in [6.07, 6.45) is 0. The lowest BCUT2D eigenvalue weighted by Gasteiger charge is -2.19. The first-order chi connectivity index (χ1) is 9.56. The molecule has 1 atom stereocenters. The average Bonchev–Trinajstić information content (AvgIpc) is 2.45. The smallest absolute Gasteiger partial charge is 0.126 e. The Morgan fingerprint density at radius 3 is 2.60 bits per heavy atom. The molecule has 20 heavy (non-hydrogen) atoms. The van der Waals surface area contributed by atoms with Crippen molar-refractivity contribution in [3.8, 4) is 5.75 Å². The van der Waals surface area contributed by atoms with Crippen LogP contribution in [-0.2, 0) is 0 Å². The fraction of sp³-hybridized carbons (Fsp3) is 0.200. The number of hydrogen-bond acceptors (Lipinski definition) is 3. The number of nitrogens with one attached hydrogen (secondary N) is 1.